The first kappa shape index (κ1) is 12.4. The lowest BCUT2D eigenvalue weighted by Gasteiger charge is -2.29. The Kier molecular flexibility index (Phi) is 2.69. The molecular formula is C12H13BrO4. The molecule has 1 aliphatic carbocycles. The summed E-state index contributed by atoms with van der Waals surface area (Å²) in [5.74, 6) is -0.694. The van der Waals surface area contributed by atoms with Gasteiger partial charge < -0.3 is 9.47 Å². The van der Waals surface area contributed by atoms with E-state index in [-0.39, 0.29) is 12.6 Å². The van der Waals surface area contributed by atoms with E-state index < -0.39 is 16.8 Å². The molecule has 1 fully saturated rings. The van der Waals surface area contributed by atoms with Gasteiger partial charge in [-0.25, -0.2) is 4.79 Å². The number of hydrogen-bond donors (Lipinski definition) is 0. The Hall–Kier alpha value is -1.10. The number of fused-ring (bicyclic) bond motifs is 1. The summed E-state index contributed by atoms with van der Waals surface area (Å²) >= 11 is 3.39. The lowest BCUT2D eigenvalue weighted by atomic mass is 9.68. The molecule has 0 aromatic heterocycles. The van der Waals surface area contributed by atoms with Crippen LogP contribution in [0.15, 0.2) is 22.2 Å². The van der Waals surface area contributed by atoms with Crippen molar-refractivity contribution < 1.29 is 19.1 Å². The molecular weight excluding hydrogens is 288 g/mol. The Bertz CT molecular complexity index is 465. The smallest absolute Gasteiger partial charge is 0.330 e. The summed E-state index contributed by atoms with van der Waals surface area (Å²) in [4.78, 5) is 23.2. The summed E-state index contributed by atoms with van der Waals surface area (Å²) in [6.07, 6.45) is 3.21. The Morgan fingerprint density at radius 2 is 2.24 bits per heavy atom. The van der Waals surface area contributed by atoms with Gasteiger partial charge in [0.1, 0.15) is 6.61 Å². The van der Waals surface area contributed by atoms with Crippen LogP contribution in [0.2, 0.25) is 0 Å². The molecule has 4 nitrogen and oxygen atoms in total. The maximum atomic E-state index is 11.8. The summed E-state index contributed by atoms with van der Waals surface area (Å²) in [5.41, 5.74) is -0.485. The Morgan fingerprint density at radius 1 is 1.59 bits per heavy atom. The molecule has 1 heterocycles. The van der Waals surface area contributed by atoms with Gasteiger partial charge in [-0.15, -0.1) is 0 Å². The topological polar surface area (TPSA) is 52.6 Å². The Morgan fingerprint density at radius 3 is 2.82 bits per heavy atom. The van der Waals surface area contributed by atoms with Gasteiger partial charge in [0.25, 0.3) is 0 Å². The van der Waals surface area contributed by atoms with Crippen LogP contribution in [0.1, 0.15) is 13.8 Å². The van der Waals surface area contributed by atoms with Crippen LogP contribution in [-0.2, 0) is 19.1 Å². The molecule has 0 aromatic carbocycles. The van der Waals surface area contributed by atoms with Crippen molar-refractivity contribution >= 4 is 27.9 Å². The first-order chi connectivity index (χ1) is 7.85. The van der Waals surface area contributed by atoms with Crippen LogP contribution in [0.3, 0.4) is 0 Å². The van der Waals surface area contributed by atoms with Crippen LogP contribution in [0.4, 0.5) is 0 Å². The van der Waals surface area contributed by atoms with Crippen molar-refractivity contribution in [3.05, 3.63) is 22.2 Å². The fourth-order valence-electron chi connectivity index (χ4n) is 2.31. The minimum absolute atomic E-state index is 0.259. The monoisotopic (exact) mass is 300 g/mol. The summed E-state index contributed by atoms with van der Waals surface area (Å²) < 4.78 is 10.5. The SMILES string of the molecule is COC(=O)/C=C1/C(Br)=C[C@@]2(C)C(=O)OC[C@@]12C. The molecule has 0 unspecified atom stereocenters. The minimum Gasteiger partial charge on any atom is -0.466 e. The van der Waals surface area contributed by atoms with Crippen molar-refractivity contribution in [3.63, 3.8) is 0 Å². The number of methoxy groups -OCH3 is 1. The maximum Gasteiger partial charge on any atom is 0.330 e. The van der Waals surface area contributed by atoms with E-state index in [0.717, 1.165) is 10.1 Å². The van der Waals surface area contributed by atoms with Crippen molar-refractivity contribution in [3.8, 4) is 0 Å². The minimum atomic E-state index is -0.717. The number of carbonyl (C=O) groups is 2. The van der Waals surface area contributed by atoms with Gasteiger partial charge in [-0.05, 0) is 12.5 Å². The maximum absolute atomic E-state index is 11.8. The third-order valence-electron chi connectivity index (χ3n) is 3.79. The highest BCUT2D eigenvalue weighted by atomic mass is 79.9. The van der Waals surface area contributed by atoms with Gasteiger partial charge >= 0.3 is 11.9 Å². The quantitative estimate of drug-likeness (QED) is 0.549. The number of rotatable bonds is 1. The fraction of sp³-hybridized carbons (Fsp3) is 0.500. The number of allylic oxidation sites excluding steroid dienone is 1. The molecule has 17 heavy (non-hydrogen) atoms. The number of carbonyl (C=O) groups excluding carboxylic acids is 2. The van der Waals surface area contributed by atoms with Gasteiger partial charge in [-0.2, -0.15) is 0 Å². The molecule has 0 spiro atoms. The van der Waals surface area contributed by atoms with E-state index in [2.05, 4.69) is 20.7 Å². The second kappa shape index (κ2) is 3.70. The van der Waals surface area contributed by atoms with Crippen LogP contribution < -0.4 is 0 Å². The van der Waals surface area contributed by atoms with Crippen molar-refractivity contribution in [1.29, 1.82) is 0 Å². The zero-order chi connectivity index (χ0) is 12.8. The molecule has 0 N–H and O–H groups in total. The number of cyclic esters (lactones) is 1. The second-order valence-electron chi connectivity index (χ2n) is 4.68. The zero-order valence-corrected chi connectivity index (χ0v) is 11.5. The van der Waals surface area contributed by atoms with Crippen LogP contribution in [0.25, 0.3) is 0 Å². The third kappa shape index (κ3) is 1.48. The van der Waals surface area contributed by atoms with E-state index in [1.54, 1.807) is 6.08 Å². The van der Waals surface area contributed by atoms with Crippen molar-refractivity contribution in [2.45, 2.75) is 13.8 Å². The third-order valence-corrected chi connectivity index (χ3v) is 4.45. The summed E-state index contributed by atoms with van der Waals surface area (Å²) in [5, 5.41) is 0. The molecule has 0 amide bonds. The molecule has 5 heteroatoms. The van der Waals surface area contributed by atoms with E-state index in [9.17, 15) is 9.59 Å². The van der Waals surface area contributed by atoms with Gasteiger partial charge in [0.2, 0.25) is 0 Å². The highest BCUT2D eigenvalue weighted by Gasteiger charge is 2.61. The summed E-state index contributed by atoms with van der Waals surface area (Å²) in [6, 6.07) is 0. The van der Waals surface area contributed by atoms with Crippen molar-refractivity contribution in [2.24, 2.45) is 10.8 Å². The molecule has 1 saturated heterocycles. The molecule has 92 valence electrons. The van der Waals surface area contributed by atoms with E-state index in [4.69, 9.17) is 4.74 Å². The molecule has 0 radical (unpaired) electrons. The highest BCUT2D eigenvalue weighted by molar-refractivity contribution is 9.12. The molecule has 2 aliphatic rings. The summed E-state index contributed by atoms with van der Waals surface area (Å²) in [6.45, 7) is 4.01. The van der Waals surface area contributed by atoms with Crippen molar-refractivity contribution in [1.82, 2.24) is 0 Å². The first-order valence-corrected chi connectivity index (χ1v) is 6.00. The average molecular weight is 301 g/mol. The fourth-order valence-corrected chi connectivity index (χ4v) is 3.32. The van der Waals surface area contributed by atoms with E-state index >= 15 is 0 Å². The van der Waals surface area contributed by atoms with Gasteiger partial charge in [0.15, 0.2) is 0 Å². The lowest BCUT2D eigenvalue weighted by Crippen LogP contribution is -2.34. The normalized spacial score (nSPS) is 37.8. The molecule has 2 atom stereocenters. The number of esters is 2. The van der Waals surface area contributed by atoms with Gasteiger partial charge in [0.05, 0.1) is 12.5 Å². The van der Waals surface area contributed by atoms with E-state index in [1.807, 2.05) is 13.8 Å². The first-order valence-electron chi connectivity index (χ1n) is 5.21. The molecule has 0 bridgehead atoms. The predicted molar refractivity (Wildman–Crippen MR) is 64.3 cm³/mol. The number of ether oxygens (including phenoxy) is 2. The lowest BCUT2D eigenvalue weighted by molar-refractivity contribution is -0.143. The van der Waals surface area contributed by atoms with Gasteiger partial charge in [-0.1, -0.05) is 28.9 Å². The van der Waals surface area contributed by atoms with Crippen LogP contribution in [0.5, 0.6) is 0 Å². The number of hydrogen-bond acceptors (Lipinski definition) is 4. The molecule has 0 aromatic rings. The van der Waals surface area contributed by atoms with E-state index in [1.165, 1.54) is 13.2 Å². The van der Waals surface area contributed by atoms with Crippen LogP contribution in [-0.4, -0.2) is 25.7 Å². The van der Waals surface area contributed by atoms with Crippen LogP contribution >= 0.6 is 15.9 Å². The molecule has 1 aliphatic heterocycles. The van der Waals surface area contributed by atoms with Gasteiger partial charge in [-0.3, -0.25) is 4.79 Å². The van der Waals surface area contributed by atoms with Crippen molar-refractivity contribution in [2.75, 3.05) is 13.7 Å². The Labute approximate surface area is 108 Å². The largest absolute Gasteiger partial charge is 0.466 e. The molecule has 0 saturated carbocycles. The number of halogens is 1. The summed E-state index contributed by atoms with van der Waals surface area (Å²) in [7, 11) is 1.32. The zero-order valence-electron chi connectivity index (χ0n) is 9.87. The van der Waals surface area contributed by atoms with Gasteiger partial charge in [0, 0.05) is 16.0 Å². The molecule has 2 rings (SSSR count). The van der Waals surface area contributed by atoms with Crippen LogP contribution in [0, 0.1) is 10.8 Å². The van der Waals surface area contributed by atoms with E-state index in [0.29, 0.717) is 0 Å². The predicted octanol–water partition coefficient (Wildman–Crippen LogP) is 1.95. The second-order valence-corrected chi connectivity index (χ2v) is 5.54. The highest BCUT2D eigenvalue weighted by Crippen LogP contribution is 2.59. The average Bonchev–Trinajstić information content (AvgIpc) is 2.61. The standard InChI is InChI=1S/C12H13BrO4/c1-11-5-8(13)7(4-9(14)16-3)12(11,2)6-17-10(11)15/h4-5H,6H2,1-3H3/b7-4-/t11-,12-/m0/s1. The Balaban J connectivity index is 2.52.